The Hall–Kier alpha value is -0.570. The molecule has 0 aromatic heterocycles. The molecule has 1 N–H and O–H groups in total. The lowest BCUT2D eigenvalue weighted by Crippen LogP contribution is -2.65. The SMILES string of the molecule is O=C(C1CCCCCCC1)N1CC(O)(C2CC2)C1. The van der Waals surface area contributed by atoms with Crippen LogP contribution in [-0.2, 0) is 4.79 Å². The Morgan fingerprint density at radius 2 is 1.50 bits per heavy atom. The van der Waals surface area contributed by atoms with E-state index in [9.17, 15) is 9.90 Å². The van der Waals surface area contributed by atoms with Crippen molar-refractivity contribution < 1.29 is 9.90 Å². The maximum atomic E-state index is 12.4. The zero-order valence-electron chi connectivity index (χ0n) is 11.2. The molecule has 18 heavy (non-hydrogen) atoms. The van der Waals surface area contributed by atoms with E-state index in [1.807, 2.05) is 4.90 Å². The minimum Gasteiger partial charge on any atom is -0.386 e. The second-order valence-electron chi connectivity index (χ2n) is 6.61. The van der Waals surface area contributed by atoms with Gasteiger partial charge >= 0.3 is 0 Å². The van der Waals surface area contributed by atoms with Gasteiger partial charge in [-0.3, -0.25) is 4.79 Å². The molecule has 3 heteroatoms. The first kappa shape index (κ1) is 12.5. The topological polar surface area (TPSA) is 40.5 Å². The van der Waals surface area contributed by atoms with E-state index in [2.05, 4.69) is 0 Å². The van der Waals surface area contributed by atoms with Gasteiger partial charge < -0.3 is 10.0 Å². The largest absolute Gasteiger partial charge is 0.386 e. The highest BCUT2D eigenvalue weighted by Crippen LogP contribution is 2.45. The van der Waals surface area contributed by atoms with Crippen LogP contribution in [0.25, 0.3) is 0 Å². The van der Waals surface area contributed by atoms with Crippen LogP contribution in [0.3, 0.4) is 0 Å². The van der Waals surface area contributed by atoms with Gasteiger partial charge in [0.25, 0.3) is 0 Å². The van der Waals surface area contributed by atoms with E-state index in [0.29, 0.717) is 24.9 Å². The van der Waals surface area contributed by atoms with Crippen molar-refractivity contribution in [2.24, 2.45) is 11.8 Å². The average molecular weight is 251 g/mol. The zero-order chi connectivity index (χ0) is 12.6. The van der Waals surface area contributed by atoms with Crippen LogP contribution in [0.15, 0.2) is 0 Å². The Morgan fingerprint density at radius 3 is 2.06 bits per heavy atom. The predicted octanol–water partition coefficient (Wildman–Crippen LogP) is 2.33. The smallest absolute Gasteiger partial charge is 0.225 e. The van der Waals surface area contributed by atoms with Gasteiger partial charge in [0.1, 0.15) is 5.60 Å². The summed E-state index contributed by atoms with van der Waals surface area (Å²) in [6.45, 7) is 1.21. The first-order chi connectivity index (χ1) is 8.69. The van der Waals surface area contributed by atoms with Crippen molar-refractivity contribution in [3.63, 3.8) is 0 Å². The van der Waals surface area contributed by atoms with Crippen LogP contribution < -0.4 is 0 Å². The number of aliphatic hydroxyl groups is 1. The summed E-state index contributed by atoms with van der Waals surface area (Å²) in [4.78, 5) is 14.3. The molecule has 0 aromatic rings. The number of likely N-dealkylation sites (tertiary alicyclic amines) is 1. The van der Waals surface area contributed by atoms with Crippen molar-refractivity contribution in [1.29, 1.82) is 0 Å². The number of hydrogen-bond acceptors (Lipinski definition) is 2. The number of nitrogens with zero attached hydrogens (tertiary/aromatic N) is 1. The quantitative estimate of drug-likeness (QED) is 0.818. The van der Waals surface area contributed by atoms with Crippen LogP contribution in [0.2, 0.25) is 0 Å². The maximum Gasteiger partial charge on any atom is 0.225 e. The Balaban J connectivity index is 1.51. The second-order valence-corrected chi connectivity index (χ2v) is 6.61. The van der Waals surface area contributed by atoms with Crippen molar-refractivity contribution in [2.75, 3.05) is 13.1 Å². The molecule has 1 heterocycles. The molecule has 3 fully saturated rings. The molecule has 0 unspecified atom stereocenters. The lowest BCUT2D eigenvalue weighted by molar-refractivity contribution is -0.164. The number of carbonyl (C=O) groups is 1. The van der Waals surface area contributed by atoms with E-state index < -0.39 is 5.60 Å². The Morgan fingerprint density at radius 1 is 0.944 bits per heavy atom. The van der Waals surface area contributed by atoms with Gasteiger partial charge in [0.2, 0.25) is 5.91 Å². The van der Waals surface area contributed by atoms with Crippen molar-refractivity contribution >= 4 is 5.91 Å². The normalized spacial score (nSPS) is 29.3. The standard InChI is InChI=1S/C15H25NO2/c17-14(12-6-4-2-1-3-5-7-12)16-10-15(18,11-16)13-8-9-13/h12-13,18H,1-11H2. The lowest BCUT2D eigenvalue weighted by Gasteiger charge is -2.48. The van der Waals surface area contributed by atoms with Gasteiger partial charge in [0, 0.05) is 5.92 Å². The van der Waals surface area contributed by atoms with Crippen LogP contribution in [0, 0.1) is 11.8 Å². The number of rotatable bonds is 2. The van der Waals surface area contributed by atoms with Crippen molar-refractivity contribution in [3.8, 4) is 0 Å². The summed E-state index contributed by atoms with van der Waals surface area (Å²) < 4.78 is 0. The van der Waals surface area contributed by atoms with Crippen LogP contribution in [0.5, 0.6) is 0 Å². The van der Waals surface area contributed by atoms with Gasteiger partial charge in [-0.25, -0.2) is 0 Å². The molecular weight excluding hydrogens is 226 g/mol. The van der Waals surface area contributed by atoms with Gasteiger partial charge in [-0.15, -0.1) is 0 Å². The van der Waals surface area contributed by atoms with E-state index in [4.69, 9.17) is 0 Å². The second kappa shape index (κ2) is 4.84. The van der Waals surface area contributed by atoms with Crippen molar-refractivity contribution in [1.82, 2.24) is 4.90 Å². The summed E-state index contributed by atoms with van der Waals surface area (Å²) >= 11 is 0. The summed E-state index contributed by atoms with van der Waals surface area (Å²) in [6, 6.07) is 0. The van der Waals surface area contributed by atoms with E-state index in [-0.39, 0.29) is 5.92 Å². The molecule has 0 aromatic carbocycles. The number of carbonyl (C=O) groups excluding carboxylic acids is 1. The minimum absolute atomic E-state index is 0.244. The third kappa shape index (κ3) is 2.42. The molecule has 3 aliphatic rings. The summed E-state index contributed by atoms with van der Waals surface area (Å²) in [7, 11) is 0. The average Bonchev–Trinajstić information content (AvgIpc) is 3.07. The van der Waals surface area contributed by atoms with E-state index in [0.717, 1.165) is 25.7 Å². The number of β-amino-alcohol motifs (C(OH)–C–C–N with tert-alkyl or cyclic N) is 1. The molecule has 1 amide bonds. The van der Waals surface area contributed by atoms with Crippen LogP contribution >= 0.6 is 0 Å². The molecule has 3 nitrogen and oxygen atoms in total. The predicted molar refractivity (Wildman–Crippen MR) is 70.1 cm³/mol. The number of hydrogen-bond donors (Lipinski definition) is 1. The lowest BCUT2D eigenvalue weighted by atomic mass is 9.85. The highest BCUT2D eigenvalue weighted by Gasteiger charge is 2.53. The fourth-order valence-corrected chi connectivity index (χ4v) is 3.61. The molecule has 0 atom stereocenters. The van der Waals surface area contributed by atoms with E-state index in [1.54, 1.807) is 0 Å². The van der Waals surface area contributed by atoms with Gasteiger partial charge in [-0.2, -0.15) is 0 Å². The third-order valence-corrected chi connectivity index (χ3v) is 5.03. The van der Waals surface area contributed by atoms with Crippen molar-refractivity contribution in [3.05, 3.63) is 0 Å². The molecule has 0 bridgehead atoms. The molecular formula is C15H25NO2. The molecule has 2 aliphatic carbocycles. The molecule has 0 spiro atoms. The highest BCUT2D eigenvalue weighted by atomic mass is 16.3. The maximum absolute atomic E-state index is 12.4. The minimum atomic E-state index is -0.517. The van der Waals surface area contributed by atoms with Crippen LogP contribution in [0.1, 0.15) is 57.8 Å². The summed E-state index contributed by atoms with van der Waals surface area (Å²) in [6.07, 6.45) is 10.8. The third-order valence-electron chi connectivity index (χ3n) is 5.03. The molecule has 1 aliphatic heterocycles. The Kier molecular flexibility index (Phi) is 3.35. The number of amides is 1. The monoisotopic (exact) mass is 251 g/mol. The molecule has 1 saturated heterocycles. The van der Waals surface area contributed by atoms with Crippen LogP contribution in [0.4, 0.5) is 0 Å². The summed E-state index contributed by atoms with van der Waals surface area (Å²) in [5, 5.41) is 10.3. The Labute approximate surface area is 110 Å². The molecule has 3 rings (SSSR count). The molecule has 0 radical (unpaired) electrons. The highest BCUT2D eigenvalue weighted by molar-refractivity contribution is 5.80. The van der Waals surface area contributed by atoms with Gasteiger partial charge in [-0.1, -0.05) is 32.1 Å². The van der Waals surface area contributed by atoms with Gasteiger partial charge in [0.15, 0.2) is 0 Å². The summed E-state index contributed by atoms with van der Waals surface area (Å²) in [5.41, 5.74) is -0.517. The first-order valence-corrected chi connectivity index (χ1v) is 7.70. The van der Waals surface area contributed by atoms with Gasteiger partial charge in [-0.05, 0) is 31.6 Å². The van der Waals surface area contributed by atoms with E-state index >= 15 is 0 Å². The fourth-order valence-electron chi connectivity index (χ4n) is 3.61. The Bertz CT molecular complexity index is 310. The summed E-state index contributed by atoms with van der Waals surface area (Å²) in [5.74, 6) is 1.05. The first-order valence-electron chi connectivity index (χ1n) is 7.70. The van der Waals surface area contributed by atoms with Gasteiger partial charge in [0.05, 0.1) is 13.1 Å². The molecule has 102 valence electrons. The fraction of sp³-hybridized carbons (Fsp3) is 0.933. The van der Waals surface area contributed by atoms with Crippen LogP contribution in [-0.4, -0.2) is 34.6 Å². The zero-order valence-corrected chi connectivity index (χ0v) is 11.2. The molecule has 2 saturated carbocycles. The van der Waals surface area contributed by atoms with E-state index in [1.165, 1.54) is 32.1 Å². The van der Waals surface area contributed by atoms with Crippen molar-refractivity contribution in [2.45, 2.75) is 63.4 Å².